The molecule has 1 amide bonds. The van der Waals surface area contributed by atoms with Gasteiger partial charge in [-0.05, 0) is 30.0 Å². The van der Waals surface area contributed by atoms with Gasteiger partial charge in [0.15, 0.2) is 6.04 Å². The van der Waals surface area contributed by atoms with Crippen LogP contribution in [-0.4, -0.2) is 17.0 Å². The number of carbonyl (C=O) groups is 2. The van der Waals surface area contributed by atoms with Gasteiger partial charge in [-0.3, -0.25) is 4.79 Å². The Morgan fingerprint density at radius 3 is 2.53 bits per heavy atom. The molecular formula is C14H13NO3S. The number of carboxylic acids is 1. The maximum atomic E-state index is 12.1. The molecule has 1 unspecified atom stereocenters. The maximum Gasteiger partial charge on any atom is 0.331 e. The molecule has 2 rings (SSSR count). The lowest BCUT2D eigenvalue weighted by molar-refractivity contribution is -0.139. The fraction of sp³-hybridized carbons (Fsp3) is 0.143. The molecule has 1 heterocycles. The number of nitrogens with one attached hydrogen (secondary N) is 1. The lowest BCUT2D eigenvalue weighted by atomic mass is 10.1. The third kappa shape index (κ3) is 3.00. The smallest absolute Gasteiger partial charge is 0.331 e. The van der Waals surface area contributed by atoms with Crippen molar-refractivity contribution in [1.82, 2.24) is 5.32 Å². The molecule has 1 aromatic carbocycles. The van der Waals surface area contributed by atoms with Crippen LogP contribution in [0.4, 0.5) is 0 Å². The lowest BCUT2D eigenvalue weighted by Crippen LogP contribution is -2.33. The molecule has 0 radical (unpaired) electrons. The molecule has 98 valence electrons. The first kappa shape index (κ1) is 13.3. The summed E-state index contributed by atoms with van der Waals surface area (Å²) >= 11 is 1.31. The number of hydrogen-bond acceptors (Lipinski definition) is 3. The largest absolute Gasteiger partial charge is 0.479 e. The summed E-state index contributed by atoms with van der Waals surface area (Å²) < 4.78 is 0. The van der Waals surface area contributed by atoms with E-state index in [1.54, 1.807) is 29.6 Å². The van der Waals surface area contributed by atoms with Crippen LogP contribution in [0.5, 0.6) is 0 Å². The van der Waals surface area contributed by atoms with Crippen molar-refractivity contribution in [3.8, 4) is 0 Å². The van der Waals surface area contributed by atoms with E-state index in [-0.39, 0.29) is 5.91 Å². The van der Waals surface area contributed by atoms with E-state index >= 15 is 0 Å². The van der Waals surface area contributed by atoms with Crippen LogP contribution in [-0.2, 0) is 4.79 Å². The van der Waals surface area contributed by atoms with Crippen LogP contribution in [0.2, 0.25) is 0 Å². The van der Waals surface area contributed by atoms with Gasteiger partial charge in [0.2, 0.25) is 0 Å². The third-order valence-electron chi connectivity index (χ3n) is 2.74. The highest BCUT2D eigenvalue weighted by Gasteiger charge is 2.23. The predicted molar refractivity (Wildman–Crippen MR) is 73.3 cm³/mol. The molecule has 2 aromatic rings. The van der Waals surface area contributed by atoms with Crippen LogP contribution < -0.4 is 5.32 Å². The molecule has 2 N–H and O–H groups in total. The van der Waals surface area contributed by atoms with Gasteiger partial charge in [-0.25, -0.2) is 4.79 Å². The molecule has 0 saturated carbocycles. The Labute approximate surface area is 114 Å². The normalized spacial score (nSPS) is 11.8. The SMILES string of the molecule is Cc1ccccc1C(=O)NC(C(=O)O)c1cccs1. The van der Waals surface area contributed by atoms with Gasteiger partial charge < -0.3 is 10.4 Å². The number of amides is 1. The zero-order valence-electron chi connectivity index (χ0n) is 10.3. The number of hydrogen-bond donors (Lipinski definition) is 2. The average molecular weight is 275 g/mol. The van der Waals surface area contributed by atoms with Gasteiger partial charge in [-0.1, -0.05) is 24.3 Å². The summed E-state index contributed by atoms with van der Waals surface area (Å²) in [6, 6.07) is 9.53. The summed E-state index contributed by atoms with van der Waals surface area (Å²) in [5.74, 6) is -1.44. The van der Waals surface area contributed by atoms with Crippen LogP contribution in [0.15, 0.2) is 41.8 Å². The standard InChI is InChI=1S/C14H13NO3S/c1-9-5-2-3-6-10(9)13(16)15-12(14(17)18)11-7-4-8-19-11/h2-8,12H,1H3,(H,15,16)(H,17,18). The lowest BCUT2D eigenvalue weighted by Gasteiger charge is -2.14. The monoisotopic (exact) mass is 275 g/mol. The Morgan fingerprint density at radius 1 is 1.21 bits per heavy atom. The Balaban J connectivity index is 2.21. The number of aliphatic carboxylic acids is 1. The van der Waals surface area contributed by atoms with E-state index in [2.05, 4.69) is 5.32 Å². The van der Waals surface area contributed by atoms with Crippen molar-refractivity contribution in [2.45, 2.75) is 13.0 Å². The average Bonchev–Trinajstić information content (AvgIpc) is 2.89. The zero-order chi connectivity index (χ0) is 13.8. The number of carbonyl (C=O) groups excluding carboxylic acids is 1. The van der Waals surface area contributed by atoms with Crippen molar-refractivity contribution in [3.05, 3.63) is 57.8 Å². The molecule has 0 aliphatic rings. The second-order valence-corrected chi connectivity index (χ2v) is 5.05. The highest BCUT2D eigenvalue weighted by atomic mass is 32.1. The first-order valence-electron chi connectivity index (χ1n) is 5.72. The van der Waals surface area contributed by atoms with Crippen LogP contribution in [0, 0.1) is 6.92 Å². The van der Waals surface area contributed by atoms with Crippen molar-refractivity contribution < 1.29 is 14.7 Å². The van der Waals surface area contributed by atoms with Crippen LogP contribution >= 0.6 is 11.3 Å². The van der Waals surface area contributed by atoms with E-state index in [4.69, 9.17) is 0 Å². The molecule has 0 saturated heterocycles. The second-order valence-electron chi connectivity index (χ2n) is 4.08. The first-order valence-corrected chi connectivity index (χ1v) is 6.60. The van der Waals surface area contributed by atoms with Crippen molar-refractivity contribution in [1.29, 1.82) is 0 Å². The molecular weight excluding hydrogens is 262 g/mol. The van der Waals surface area contributed by atoms with E-state index in [0.717, 1.165) is 5.56 Å². The summed E-state index contributed by atoms with van der Waals surface area (Å²) in [5, 5.41) is 13.5. The van der Waals surface area contributed by atoms with Crippen LogP contribution in [0.25, 0.3) is 0 Å². The fourth-order valence-electron chi connectivity index (χ4n) is 1.75. The van der Waals surface area contributed by atoms with Crippen molar-refractivity contribution in [2.24, 2.45) is 0 Å². The Kier molecular flexibility index (Phi) is 3.97. The molecule has 0 bridgehead atoms. The molecule has 19 heavy (non-hydrogen) atoms. The second kappa shape index (κ2) is 5.67. The molecule has 0 fully saturated rings. The summed E-state index contributed by atoms with van der Waals surface area (Å²) in [6.07, 6.45) is 0. The highest BCUT2D eigenvalue weighted by molar-refractivity contribution is 7.10. The molecule has 4 nitrogen and oxygen atoms in total. The third-order valence-corrected chi connectivity index (χ3v) is 3.68. The minimum Gasteiger partial charge on any atom is -0.479 e. The molecule has 1 atom stereocenters. The van der Waals surface area contributed by atoms with Gasteiger partial charge >= 0.3 is 5.97 Å². The Hall–Kier alpha value is -2.14. The first-order chi connectivity index (χ1) is 9.09. The fourth-order valence-corrected chi connectivity index (χ4v) is 2.51. The molecule has 1 aromatic heterocycles. The van der Waals surface area contributed by atoms with Gasteiger partial charge in [0, 0.05) is 10.4 Å². The molecule has 0 aliphatic heterocycles. The summed E-state index contributed by atoms with van der Waals surface area (Å²) in [4.78, 5) is 24.0. The number of benzene rings is 1. The van der Waals surface area contributed by atoms with Crippen molar-refractivity contribution in [2.75, 3.05) is 0 Å². The van der Waals surface area contributed by atoms with Gasteiger partial charge in [0.25, 0.3) is 5.91 Å². The van der Waals surface area contributed by atoms with E-state index < -0.39 is 12.0 Å². The van der Waals surface area contributed by atoms with E-state index in [1.165, 1.54) is 11.3 Å². The molecule has 0 spiro atoms. The number of rotatable bonds is 4. The minimum atomic E-state index is -1.07. The molecule has 5 heteroatoms. The topological polar surface area (TPSA) is 66.4 Å². The summed E-state index contributed by atoms with van der Waals surface area (Å²) in [7, 11) is 0. The van der Waals surface area contributed by atoms with E-state index in [1.807, 2.05) is 19.1 Å². The summed E-state index contributed by atoms with van der Waals surface area (Å²) in [5.41, 5.74) is 1.31. The number of aryl methyl sites for hydroxylation is 1. The number of carboxylic acid groups (broad SMARTS) is 1. The predicted octanol–water partition coefficient (Wildman–Crippen LogP) is 2.61. The van der Waals surface area contributed by atoms with Crippen LogP contribution in [0.1, 0.15) is 26.8 Å². The minimum absolute atomic E-state index is 0.376. The van der Waals surface area contributed by atoms with Gasteiger partial charge in [-0.2, -0.15) is 0 Å². The highest BCUT2D eigenvalue weighted by Crippen LogP contribution is 2.20. The van der Waals surface area contributed by atoms with Gasteiger partial charge in [0.1, 0.15) is 0 Å². The van der Waals surface area contributed by atoms with Gasteiger partial charge in [-0.15, -0.1) is 11.3 Å². The zero-order valence-corrected chi connectivity index (χ0v) is 11.1. The maximum absolute atomic E-state index is 12.1. The van der Waals surface area contributed by atoms with Crippen molar-refractivity contribution in [3.63, 3.8) is 0 Å². The molecule has 0 aliphatic carbocycles. The van der Waals surface area contributed by atoms with Crippen molar-refractivity contribution >= 4 is 23.2 Å². The quantitative estimate of drug-likeness (QED) is 0.901. The van der Waals surface area contributed by atoms with Crippen LogP contribution in [0.3, 0.4) is 0 Å². The summed E-state index contributed by atoms with van der Waals surface area (Å²) in [6.45, 7) is 1.82. The van der Waals surface area contributed by atoms with Gasteiger partial charge in [0.05, 0.1) is 0 Å². The van der Waals surface area contributed by atoms with E-state index in [0.29, 0.717) is 10.4 Å². The van der Waals surface area contributed by atoms with E-state index in [9.17, 15) is 14.7 Å². The number of thiophene rings is 1. The Bertz CT molecular complexity index is 592. The Morgan fingerprint density at radius 2 is 1.95 bits per heavy atom.